The molecule has 1 N–H and O–H groups in total. The molecule has 0 bridgehead atoms. The Labute approximate surface area is 162 Å². The molecule has 0 aliphatic carbocycles. The maximum atomic E-state index is 12.2. The van der Waals surface area contributed by atoms with E-state index in [1.54, 1.807) is 0 Å². The molecule has 0 fully saturated rings. The van der Waals surface area contributed by atoms with Gasteiger partial charge >= 0.3 is 12.5 Å². The van der Waals surface area contributed by atoms with Crippen molar-refractivity contribution in [1.29, 1.82) is 0 Å². The fourth-order valence-electron chi connectivity index (χ4n) is 1.95. The van der Waals surface area contributed by atoms with Crippen LogP contribution in [0, 0.1) is 11.8 Å². The van der Waals surface area contributed by atoms with Crippen molar-refractivity contribution < 1.29 is 27.4 Å². The van der Waals surface area contributed by atoms with E-state index in [2.05, 4.69) is 37.8 Å². The van der Waals surface area contributed by atoms with E-state index >= 15 is 0 Å². The fourth-order valence-corrected chi connectivity index (χ4v) is 2.41. The van der Waals surface area contributed by atoms with Crippen LogP contribution in [0.4, 0.5) is 18.0 Å². The lowest BCUT2D eigenvalue weighted by Crippen LogP contribution is -2.24. The van der Waals surface area contributed by atoms with E-state index in [1.165, 1.54) is 18.2 Å². The van der Waals surface area contributed by atoms with Crippen molar-refractivity contribution in [3.63, 3.8) is 0 Å². The highest BCUT2D eigenvalue weighted by molar-refractivity contribution is 9.10. The summed E-state index contributed by atoms with van der Waals surface area (Å²) >= 11 is 3.15. The first-order valence-corrected chi connectivity index (χ1v) is 8.61. The largest absolute Gasteiger partial charge is 0.573 e. The third kappa shape index (κ3) is 8.05. The highest BCUT2D eigenvalue weighted by atomic mass is 79.9. The van der Waals surface area contributed by atoms with Crippen LogP contribution in [0.5, 0.6) is 5.75 Å². The molecule has 0 saturated carbocycles. The zero-order valence-corrected chi connectivity index (χ0v) is 15.6. The fraction of sp³-hybridized carbons (Fsp3) is 0.211. The summed E-state index contributed by atoms with van der Waals surface area (Å²) in [7, 11) is 0. The Hall–Kier alpha value is -2.66. The Morgan fingerprint density at radius 3 is 2.56 bits per heavy atom. The summed E-state index contributed by atoms with van der Waals surface area (Å²) in [6.45, 7) is 0.463. The molecule has 0 spiro atoms. The molecule has 27 heavy (non-hydrogen) atoms. The summed E-state index contributed by atoms with van der Waals surface area (Å²) in [5.74, 6) is 5.30. The monoisotopic (exact) mass is 441 g/mol. The number of nitrogens with one attached hydrogen (secondary N) is 1. The normalized spacial score (nSPS) is 10.5. The Morgan fingerprint density at radius 1 is 1.15 bits per heavy atom. The second-order valence-electron chi connectivity index (χ2n) is 5.23. The zero-order chi connectivity index (χ0) is 19.7. The minimum absolute atomic E-state index is 0.178. The van der Waals surface area contributed by atoms with Crippen LogP contribution in [0.25, 0.3) is 0 Å². The second-order valence-corrected chi connectivity index (χ2v) is 6.08. The van der Waals surface area contributed by atoms with Crippen LogP contribution in [0.1, 0.15) is 17.5 Å². The molecule has 0 atom stereocenters. The SMILES string of the molecule is O=C(NCCC#Cc1ccc(OC(F)(F)F)cc1Br)OCc1ccccc1. The van der Waals surface area contributed by atoms with Crippen molar-refractivity contribution in [2.75, 3.05) is 6.54 Å². The predicted molar refractivity (Wildman–Crippen MR) is 96.9 cm³/mol. The van der Waals surface area contributed by atoms with E-state index in [-0.39, 0.29) is 18.9 Å². The van der Waals surface area contributed by atoms with Gasteiger partial charge in [0.1, 0.15) is 12.4 Å². The number of benzene rings is 2. The molecule has 4 nitrogen and oxygen atoms in total. The van der Waals surface area contributed by atoms with Crippen molar-refractivity contribution in [2.45, 2.75) is 19.4 Å². The highest BCUT2D eigenvalue weighted by Gasteiger charge is 2.31. The van der Waals surface area contributed by atoms with Gasteiger partial charge in [0.05, 0.1) is 0 Å². The number of halogens is 4. The van der Waals surface area contributed by atoms with Crippen LogP contribution in [-0.4, -0.2) is 19.0 Å². The minimum atomic E-state index is -4.74. The Morgan fingerprint density at radius 2 is 1.89 bits per heavy atom. The van der Waals surface area contributed by atoms with Gasteiger partial charge in [0.2, 0.25) is 0 Å². The number of carbonyl (C=O) groups is 1. The molecule has 0 heterocycles. The van der Waals surface area contributed by atoms with Gasteiger partial charge in [0, 0.05) is 23.0 Å². The van der Waals surface area contributed by atoms with E-state index < -0.39 is 12.5 Å². The van der Waals surface area contributed by atoms with E-state index in [9.17, 15) is 18.0 Å². The van der Waals surface area contributed by atoms with Gasteiger partial charge in [0.25, 0.3) is 0 Å². The molecular formula is C19H15BrF3NO3. The van der Waals surface area contributed by atoms with Gasteiger partial charge in [-0.3, -0.25) is 0 Å². The van der Waals surface area contributed by atoms with Crippen molar-refractivity contribution in [3.05, 3.63) is 64.1 Å². The molecule has 2 aromatic rings. The van der Waals surface area contributed by atoms with Crippen LogP contribution in [0.3, 0.4) is 0 Å². The van der Waals surface area contributed by atoms with E-state index in [1.807, 2.05) is 30.3 Å². The number of hydrogen-bond acceptors (Lipinski definition) is 3. The molecule has 0 radical (unpaired) electrons. The average Bonchev–Trinajstić information content (AvgIpc) is 2.61. The molecule has 0 aliphatic heterocycles. The minimum Gasteiger partial charge on any atom is -0.445 e. The molecule has 0 aliphatic rings. The van der Waals surface area contributed by atoms with Crippen LogP contribution >= 0.6 is 15.9 Å². The zero-order valence-electron chi connectivity index (χ0n) is 14.0. The van der Waals surface area contributed by atoms with Crippen molar-refractivity contribution in [1.82, 2.24) is 5.32 Å². The number of alkyl halides is 3. The summed E-state index contributed by atoms with van der Waals surface area (Å²) in [6, 6.07) is 13.1. The molecule has 0 aromatic heterocycles. The van der Waals surface area contributed by atoms with Crippen LogP contribution in [-0.2, 0) is 11.3 Å². The van der Waals surface area contributed by atoms with Gasteiger partial charge in [-0.15, -0.1) is 13.2 Å². The lowest BCUT2D eigenvalue weighted by molar-refractivity contribution is -0.274. The molecule has 1 amide bonds. The number of amides is 1. The smallest absolute Gasteiger partial charge is 0.445 e. The Balaban J connectivity index is 1.74. The highest BCUT2D eigenvalue weighted by Crippen LogP contribution is 2.27. The third-order valence-electron chi connectivity index (χ3n) is 3.13. The number of rotatable bonds is 5. The number of carbonyl (C=O) groups excluding carboxylic acids is 1. The van der Waals surface area contributed by atoms with E-state index in [0.29, 0.717) is 16.5 Å². The van der Waals surface area contributed by atoms with Crippen molar-refractivity contribution in [3.8, 4) is 17.6 Å². The summed E-state index contributed by atoms with van der Waals surface area (Å²) in [5, 5.41) is 2.57. The quantitative estimate of drug-likeness (QED) is 0.523. The van der Waals surface area contributed by atoms with Crippen molar-refractivity contribution >= 4 is 22.0 Å². The molecular weight excluding hydrogens is 427 g/mol. The predicted octanol–water partition coefficient (Wildman–Crippen LogP) is 5.02. The lowest BCUT2D eigenvalue weighted by atomic mass is 10.2. The summed E-state index contributed by atoms with van der Waals surface area (Å²) in [4.78, 5) is 11.6. The maximum Gasteiger partial charge on any atom is 0.573 e. The van der Waals surface area contributed by atoms with Crippen molar-refractivity contribution in [2.24, 2.45) is 0 Å². The van der Waals surface area contributed by atoms with Gasteiger partial charge < -0.3 is 14.8 Å². The van der Waals surface area contributed by atoms with E-state index in [0.717, 1.165) is 5.56 Å². The van der Waals surface area contributed by atoms with Gasteiger partial charge in [-0.1, -0.05) is 42.2 Å². The number of hydrogen-bond donors (Lipinski definition) is 1. The standard InChI is InChI=1S/C19H15BrF3NO3/c20-17-12-16(27-19(21,22)23)10-9-15(17)8-4-5-11-24-18(25)26-13-14-6-2-1-3-7-14/h1-3,6-7,9-10,12H,5,11,13H2,(H,24,25). The van der Waals surface area contributed by atoms with Gasteiger partial charge in [-0.05, 0) is 39.7 Å². The lowest BCUT2D eigenvalue weighted by Gasteiger charge is -2.09. The van der Waals surface area contributed by atoms with Gasteiger partial charge in [-0.25, -0.2) is 4.79 Å². The molecule has 0 saturated heterocycles. The molecule has 142 valence electrons. The third-order valence-corrected chi connectivity index (χ3v) is 3.79. The van der Waals surface area contributed by atoms with Gasteiger partial charge in [-0.2, -0.15) is 0 Å². The second kappa shape index (κ2) is 9.88. The topological polar surface area (TPSA) is 47.6 Å². The first kappa shape index (κ1) is 20.6. The molecule has 2 aromatic carbocycles. The van der Waals surface area contributed by atoms with Crippen LogP contribution in [0.2, 0.25) is 0 Å². The first-order chi connectivity index (χ1) is 12.8. The summed E-state index contributed by atoms with van der Waals surface area (Å²) in [5.41, 5.74) is 1.39. The molecule has 2 rings (SSSR count). The van der Waals surface area contributed by atoms with E-state index in [4.69, 9.17) is 4.74 Å². The Bertz CT molecular complexity index is 830. The van der Waals surface area contributed by atoms with Gasteiger partial charge in [0.15, 0.2) is 0 Å². The summed E-state index contributed by atoms with van der Waals surface area (Å²) in [6.07, 6.45) is -4.93. The molecule has 0 unspecified atom stereocenters. The Kier molecular flexibility index (Phi) is 7.55. The molecule has 8 heteroatoms. The summed E-state index contributed by atoms with van der Waals surface area (Å²) < 4.78 is 45.8. The average molecular weight is 442 g/mol. The number of alkyl carbamates (subject to hydrolysis) is 1. The van der Waals surface area contributed by atoms with Crippen LogP contribution in [0.15, 0.2) is 53.0 Å². The maximum absolute atomic E-state index is 12.2. The number of ether oxygens (including phenoxy) is 2. The van der Waals surface area contributed by atoms with Crippen LogP contribution < -0.4 is 10.1 Å². The first-order valence-electron chi connectivity index (χ1n) is 7.82.